The summed E-state index contributed by atoms with van der Waals surface area (Å²) in [7, 11) is 0. The van der Waals surface area contributed by atoms with E-state index in [-0.39, 0.29) is 35.0 Å². The first-order valence-corrected chi connectivity index (χ1v) is 29.0. The maximum absolute atomic E-state index is 12.5. The Hall–Kier alpha value is -11.6. The number of nitriles is 4. The first-order chi connectivity index (χ1) is 42.8. The molecule has 2 amide bonds. The molecule has 11 aromatic carbocycles. The third-order valence-electron chi connectivity index (χ3n) is 15.3. The van der Waals surface area contributed by atoms with Gasteiger partial charge in [0.25, 0.3) is 0 Å². The zero-order valence-corrected chi connectivity index (χ0v) is 50.1. The van der Waals surface area contributed by atoms with Crippen LogP contribution in [0.25, 0.3) is 54.2 Å². The lowest BCUT2D eigenvalue weighted by Crippen LogP contribution is -2.24. The SMILES string of the molecule is CC(=O)N1N=C(c2ccccc2)C[C@@H]1c1c2ccccc2cc2ccccc12.CC(=O)N1N=C(c2ccccc2)C[C@H]1c1c2ccccc2cc2ccccc12.Cc1ccc(C)cc1.Cc1ccc(C)cc1.N#CC(C#N)=c1ccc(=C(C#N)C#N)cc1. The lowest BCUT2D eigenvalue weighted by molar-refractivity contribution is -0.131. The molecule has 0 unspecified atom stereocenters. The van der Waals surface area contributed by atoms with Crippen LogP contribution in [0.5, 0.6) is 0 Å². The van der Waals surface area contributed by atoms with Gasteiger partial charge in [0.15, 0.2) is 0 Å². The third kappa shape index (κ3) is 14.5. The molecule has 0 aromatic heterocycles. The minimum atomic E-state index is -0.108. The first kappa shape index (κ1) is 61.0. The molecule has 0 aliphatic carbocycles. The fourth-order valence-electron chi connectivity index (χ4n) is 10.9. The molecule has 2 aliphatic heterocycles. The van der Waals surface area contributed by atoms with Crippen molar-refractivity contribution in [1.29, 1.82) is 21.0 Å². The number of aryl methyl sites for hydroxylation is 4. The number of rotatable bonds is 4. The highest BCUT2D eigenvalue weighted by atomic mass is 16.2. The van der Waals surface area contributed by atoms with Crippen LogP contribution in [0.1, 0.15) is 83.3 Å². The summed E-state index contributed by atoms with van der Waals surface area (Å²) in [5, 5.41) is 57.7. The lowest BCUT2D eigenvalue weighted by atomic mass is 9.89. The standard InChI is InChI=1S/2C25H20N2O.C12H4N4.2C8H10/c2*1-17(28)27-24(16-23(26-27)18-9-3-2-4-10-18)25-21-13-7-5-11-19(21)15-20-12-6-8-14-22(20)25;13-5-11(6-14)9-1-2-10(4-3-9)12(7-15)8-16;2*1-7-3-5-8(2)6-4-7/h2*2-15,24H,16H2,1H3;1-4H;2*3-6H,1-2H3/t2*24-;;;/m10.../s1. The Kier molecular flexibility index (Phi) is 20.0. The molecular weight excluding hydrogens is 1080 g/mol. The Bertz CT molecular complexity index is 4230. The number of hydrogen-bond donors (Lipinski definition) is 0. The summed E-state index contributed by atoms with van der Waals surface area (Å²) in [6.45, 7) is 11.6. The van der Waals surface area contributed by atoms with Gasteiger partial charge in [0.05, 0.1) is 23.5 Å². The molecular formula is C78H64N8O2. The van der Waals surface area contributed by atoms with Crippen molar-refractivity contribution in [2.45, 2.75) is 66.5 Å². The molecule has 11 aromatic rings. The summed E-state index contributed by atoms with van der Waals surface area (Å²) in [5.74, 6) is -0.0686. The van der Waals surface area contributed by atoms with Gasteiger partial charge in [0.1, 0.15) is 35.4 Å². The lowest BCUT2D eigenvalue weighted by Gasteiger charge is -2.24. The molecule has 88 heavy (non-hydrogen) atoms. The maximum atomic E-state index is 12.5. The number of fused-ring (bicyclic) bond motifs is 4. The second-order valence-corrected chi connectivity index (χ2v) is 21.5. The van der Waals surface area contributed by atoms with E-state index in [0.29, 0.717) is 23.3 Å². The molecule has 428 valence electrons. The van der Waals surface area contributed by atoms with E-state index >= 15 is 0 Å². The van der Waals surface area contributed by atoms with Gasteiger partial charge in [-0.15, -0.1) is 0 Å². The van der Waals surface area contributed by atoms with E-state index in [0.717, 1.165) is 22.6 Å². The molecule has 0 fully saturated rings. The van der Waals surface area contributed by atoms with Crippen LogP contribution in [0.4, 0.5) is 0 Å². The van der Waals surface area contributed by atoms with Crippen LogP contribution in [0.15, 0.2) is 253 Å². The molecule has 10 nitrogen and oxygen atoms in total. The smallest absolute Gasteiger partial charge is 0.240 e. The van der Waals surface area contributed by atoms with Gasteiger partial charge in [0.2, 0.25) is 11.8 Å². The van der Waals surface area contributed by atoms with Crippen LogP contribution < -0.4 is 10.4 Å². The molecule has 13 rings (SSSR count). The number of benzene rings is 11. The Labute approximate surface area is 514 Å². The van der Waals surface area contributed by atoms with Gasteiger partial charge in [-0.25, -0.2) is 10.0 Å². The summed E-state index contributed by atoms with van der Waals surface area (Å²) < 4.78 is 0. The average Bonchev–Trinajstić information content (AvgIpc) is 1.78. The highest BCUT2D eigenvalue weighted by Gasteiger charge is 2.35. The number of hydrogen-bond acceptors (Lipinski definition) is 8. The summed E-state index contributed by atoms with van der Waals surface area (Å²) in [5.41, 5.74) is 11.7. The Morgan fingerprint density at radius 2 is 0.614 bits per heavy atom. The van der Waals surface area contributed by atoms with Crippen molar-refractivity contribution in [3.63, 3.8) is 0 Å². The van der Waals surface area contributed by atoms with Gasteiger partial charge < -0.3 is 0 Å². The van der Waals surface area contributed by atoms with E-state index < -0.39 is 0 Å². The highest BCUT2D eigenvalue weighted by molar-refractivity contribution is 6.08. The third-order valence-corrected chi connectivity index (χ3v) is 15.3. The van der Waals surface area contributed by atoms with Crippen molar-refractivity contribution in [1.82, 2.24) is 10.0 Å². The Balaban J connectivity index is 0.000000143. The minimum Gasteiger partial charge on any atom is -0.273 e. The van der Waals surface area contributed by atoms with E-state index in [1.54, 1.807) is 48.1 Å². The summed E-state index contributed by atoms with van der Waals surface area (Å²) in [6, 6.07) is 88.3. The second-order valence-electron chi connectivity index (χ2n) is 21.5. The van der Waals surface area contributed by atoms with Gasteiger partial charge >= 0.3 is 0 Å². The molecule has 0 saturated heterocycles. The molecule has 0 spiro atoms. The molecule has 0 radical (unpaired) electrons. The molecule has 0 bridgehead atoms. The normalized spacial score (nSPS) is 13.6. The maximum Gasteiger partial charge on any atom is 0.240 e. The summed E-state index contributed by atoms with van der Waals surface area (Å²) in [4.78, 5) is 25.0. The summed E-state index contributed by atoms with van der Waals surface area (Å²) >= 11 is 0. The Morgan fingerprint density at radius 1 is 0.364 bits per heavy atom. The fraction of sp³-hybridized carbons (Fsp3) is 0.128. The second kappa shape index (κ2) is 28.8. The minimum absolute atomic E-state index is 0.00187. The molecule has 10 heteroatoms. The van der Waals surface area contributed by atoms with Crippen LogP contribution in [-0.4, -0.2) is 33.3 Å². The number of nitrogens with zero attached hydrogens (tertiary/aromatic N) is 8. The van der Waals surface area contributed by atoms with Crippen molar-refractivity contribution < 1.29 is 9.59 Å². The quantitative estimate of drug-likeness (QED) is 0.159. The molecule has 0 N–H and O–H groups in total. The van der Waals surface area contributed by atoms with Gasteiger partial charge in [-0.05, 0) is 105 Å². The van der Waals surface area contributed by atoms with Crippen LogP contribution >= 0.6 is 0 Å². The van der Waals surface area contributed by atoms with E-state index in [4.69, 9.17) is 31.3 Å². The number of carbonyl (C=O) groups excluding carboxylic acids is 2. The largest absolute Gasteiger partial charge is 0.273 e. The van der Waals surface area contributed by atoms with Gasteiger partial charge in [-0.3, -0.25) is 9.59 Å². The topological polar surface area (TPSA) is 160 Å². The fourth-order valence-corrected chi connectivity index (χ4v) is 10.9. The average molecular weight is 1150 g/mol. The van der Waals surface area contributed by atoms with Gasteiger partial charge in [0, 0.05) is 37.1 Å². The molecule has 2 atom stereocenters. The van der Waals surface area contributed by atoms with Gasteiger partial charge in [-0.2, -0.15) is 31.3 Å². The highest BCUT2D eigenvalue weighted by Crippen LogP contribution is 2.42. The predicted octanol–water partition coefficient (Wildman–Crippen LogP) is 16.1. The van der Waals surface area contributed by atoms with Crippen molar-refractivity contribution in [3.8, 4) is 24.3 Å². The number of amides is 2. The van der Waals surface area contributed by atoms with Crippen LogP contribution in [0.2, 0.25) is 0 Å². The number of hydrazone groups is 2. The van der Waals surface area contributed by atoms with E-state index in [1.807, 2.05) is 36.4 Å². The molecule has 2 aliphatic rings. The predicted molar refractivity (Wildman–Crippen MR) is 355 cm³/mol. The zero-order chi connectivity index (χ0) is 62.1. The van der Waals surface area contributed by atoms with Crippen molar-refractivity contribution >= 4 is 77.5 Å². The van der Waals surface area contributed by atoms with E-state index in [9.17, 15) is 9.59 Å². The van der Waals surface area contributed by atoms with Crippen LogP contribution in [0.3, 0.4) is 0 Å². The van der Waals surface area contributed by atoms with Crippen LogP contribution in [0, 0.1) is 73.0 Å². The van der Waals surface area contributed by atoms with Crippen molar-refractivity contribution in [2.24, 2.45) is 10.2 Å². The first-order valence-electron chi connectivity index (χ1n) is 29.0. The Morgan fingerprint density at radius 3 is 0.864 bits per heavy atom. The number of carbonyl (C=O) groups is 2. The molecule has 0 saturated carbocycles. The van der Waals surface area contributed by atoms with Crippen molar-refractivity contribution in [2.75, 3.05) is 0 Å². The zero-order valence-electron chi connectivity index (χ0n) is 50.1. The van der Waals surface area contributed by atoms with E-state index in [2.05, 4.69) is 210 Å². The summed E-state index contributed by atoms with van der Waals surface area (Å²) in [6.07, 6.45) is 1.42. The molecule has 2 heterocycles. The van der Waals surface area contributed by atoms with Gasteiger partial charge in [-0.1, -0.05) is 253 Å². The van der Waals surface area contributed by atoms with Crippen LogP contribution in [-0.2, 0) is 9.59 Å². The van der Waals surface area contributed by atoms with Crippen molar-refractivity contribution in [3.05, 3.63) is 298 Å². The monoisotopic (exact) mass is 1140 g/mol. The van der Waals surface area contributed by atoms with E-state index in [1.165, 1.54) is 101 Å².